The second-order valence-corrected chi connectivity index (χ2v) is 2.21. The Morgan fingerprint density at radius 1 is 1.60 bits per heavy atom. The first-order valence-corrected chi connectivity index (χ1v) is 3.44. The number of carbonyl (C=O) groups excluding carboxylic acids is 1. The molecule has 0 heterocycles. The molecule has 0 radical (unpaired) electrons. The molecule has 58 valence electrons. The van der Waals surface area contributed by atoms with Crippen LogP contribution < -0.4 is 0 Å². The van der Waals surface area contributed by atoms with Crippen molar-refractivity contribution in [1.29, 1.82) is 0 Å². The largest absolute Gasteiger partial charge is 0.411 e. The van der Waals surface area contributed by atoms with Crippen LogP contribution in [0.25, 0.3) is 0 Å². The third-order valence-electron chi connectivity index (χ3n) is 1.31. The van der Waals surface area contributed by atoms with Crippen molar-refractivity contribution in [1.82, 2.24) is 0 Å². The number of oxime groups is 1. The Morgan fingerprint density at radius 3 is 2.60 bits per heavy atom. The zero-order valence-corrected chi connectivity index (χ0v) is 6.42. The average Bonchev–Trinajstić information content (AvgIpc) is 1.98. The lowest BCUT2D eigenvalue weighted by Crippen LogP contribution is -2.09. The fourth-order valence-corrected chi connectivity index (χ4v) is 0.574. The monoisotopic (exact) mass is 143 g/mol. The molecule has 0 saturated heterocycles. The molecule has 3 heteroatoms. The van der Waals surface area contributed by atoms with E-state index in [0.29, 0.717) is 6.42 Å². The highest BCUT2D eigenvalue weighted by Crippen LogP contribution is 1.96. The fraction of sp³-hybridized carbons (Fsp3) is 0.714. The minimum absolute atomic E-state index is 0.0654. The molecule has 0 aromatic heterocycles. The van der Waals surface area contributed by atoms with E-state index in [-0.39, 0.29) is 11.5 Å². The Bertz CT molecular complexity index is 141. The van der Waals surface area contributed by atoms with Gasteiger partial charge < -0.3 is 5.21 Å². The van der Waals surface area contributed by atoms with Crippen molar-refractivity contribution in [2.24, 2.45) is 5.16 Å². The Kier molecular flexibility index (Phi) is 4.54. The molecule has 0 aromatic rings. The minimum Gasteiger partial charge on any atom is -0.411 e. The summed E-state index contributed by atoms with van der Waals surface area (Å²) in [5, 5.41) is 11.0. The van der Waals surface area contributed by atoms with E-state index in [2.05, 4.69) is 5.16 Å². The van der Waals surface area contributed by atoms with Gasteiger partial charge in [0.05, 0.1) is 0 Å². The summed E-state index contributed by atoms with van der Waals surface area (Å²) in [4.78, 5) is 10.8. The molecular formula is C7H13NO2. The SMILES string of the molecule is CCCCC(=O)C(C)=NO. The van der Waals surface area contributed by atoms with Crippen LogP contribution in [0.1, 0.15) is 33.1 Å². The minimum atomic E-state index is -0.0654. The smallest absolute Gasteiger partial charge is 0.180 e. The molecule has 0 fully saturated rings. The summed E-state index contributed by atoms with van der Waals surface area (Å²) < 4.78 is 0. The number of ketones is 1. The van der Waals surface area contributed by atoms with Crippen LogP contribution >= 0.6 is 0 Å². The number of unbranched alkanes of at least 4 members (excludes halogenated alkanes) is 1. The highest BCUT2D eigenvalue weighted by Gasteiger charge is 2.04. The second kappa shape index (κ2) is 4.97. The highest BCUT2D eigenvalue weighted by atomic mass is 16.4. The Balaban J connectivity index is 3.63. The Hall–Kier alpha value is -0.860. The van der Waals surface area contributed by atoms with Crippen LogP contribution in [0.3, 0.4) is 0 Å². The maximum absolute atomic E-state index is 10.8. The van der Waals surface area contributed by atoms with Gasteiger partial charge in [0.25, 0.3) is 0 Å². The summed E-state index contributed by atoms with van der Waals surface area (Å²) in [7, 11) is 0. The van der Waals surface area contributed by atoms with Crippen molar-refractivity contribution in [3.63, 3.8) is 0 Å². The van der Waals surface area contributed by atoms with Gasteiger partial charge in [0.15, 0.2) is 5.78 Å². The van der Waals surface area contributed by atoms with Crippen molar-refractivity contribution < 1.29 is 10.0 Å². The van der Waals surface area contributed by atoms with E-state index in [1.807, 2.05) is 6.92 Å². The molecule has 0 aliphatic heterocycles. The van der Waals surface area contributed by atoms with E-state index in [1.165, 1.54) is 6.92 Å². The predicted molar refractivity (Wildman–Crippen MR) is 39.4 cm³/mol. The molecule has 0 aromatic carbocycles. The maximum Gasteiger partial charge on any atom is 0.180 e. The molecule has 0 rings (SSSR count). The number of nitrogens with zero attached hydrogens (tertiary/aromatic N) is 1. The van der Waals surface area contributed by atoms with Crippen LogP contribution in [-0.2, 0) is 4.79 Å². The third-order valence-corrected chi connectivity index (χ3v) is 1.31. The van der Waals surface area contributed by atoms with Crippen molar-refractivity contribution in [2.75, 3.05) is 0 Å². The van der Waals surface area contributed by atoms with Gasteiger partial charge in [-0.1, -0.05) is 18.5 Å². The molecule has 0 bridgehead atoms. The van der Waals surface area contributed by atoms with Gasteiger partial charge in [-0.2, -0.15) is 0 Å². The standard InChI is InChI=1S/C7H13NO2/c1-3-4-5-7(9)6(2)8-10/h10H,3-5H2,1-2H3. The Morgan fingerprint density at radius 2 is 2.20 bits per heavy atom. The first kappa shape index (κ1) is 9.14. The number of hydrogen-bond donors (Lipinski definition) is 1. The Labute approximate surface area is 60.7 Å². The number of carbonyl (C=O) groups is 1. The first-order chi connectivity index (χ1) is 4.72. The average molecular weight is 143 g/mol. The number of hydrogen-bond acceptors (Lipinski definition) is 3. The molecule has 1 N–H and O–H groups in total. The van der Waals surface area contributed by atoms with Crippen LogP contribution in [0.2, 0.25) is 0 Å². The third kappa shape index (κ3) is 3.22. The van der Waals surface area contributed by atoms with Crippen molar-refractivity contribution in [3.8, 4) is 0 Å². The van der Waals surface area contributed by atoms with E-state index in [9.17, 15) is 4.79 Å². The molecule has 3 nitrogen and oxygen atoms in total. The van der Waals surface area contributed by atoms with Crippen LogP contribution in [0.15, 0.2) is 5.16 Å². The van der Waals surface area contributed by atoms with E-state index in [0.717, 1.165) is 12.8 Å². The van der Waals surface area contributed by atoms with E-state index in [4.69, 9.17) is 5.21 Å². The van der Waals surface area contributed by atoms with Gasteiger partial charge in [-0.25, -0.2) is 0 Å². The summed E-state index contributed by atoms with van der Waals surface area (Å²) in [6, 6.07) is 0. The van der Waals surface area contributed by atoms with Gasteiger partial charge in [-0.3, -0.25) is 4.79 Å². The first-order valence-electron chi connectivity index (χ1n) is 3.44. The van der Waals surface area contributed by atoms with Crippen LogP contribution in [-0.4, -0.2) is 16.7 Å². The highest BCUT2D eigenvalue weighted by molar-refractivity contribution is 6.38. The predicted octanol–water partition coefficient (Wildman–Crippen LogP) is 1.60. The van der Waals surface area contributed by atoms with Gasteiger partial charge in [0, 0.05) is 6.42 Å². The van der Waals surface area contributed by atoms with Gasteiger partial charge in [-0.15, -0.1) is 0 Å². The normalized spacial score (nSPS) is 11.6. The molecule has 0 aliphatic rings. The zero-order valence-electron chi connectivity index (χ0n) is 6.42. The molecule has 0 spiro atoms. The van der Waals surface area contributed by atoms with Crippen molar-refractivity contribution >= 4 is 11.5 Å². The lowest BCUT2D eigenvalue weighted by Gasteiger charge is -1.94. The summed E-state index contributed by atoms with van der Waals surface area (Å²) in [6.45, 7) is 3.52. The van der Waals surface area contributed by atoms with Gasteiger partial charge >= 0.3 is 0 Å². The fourth-order valence-electron chi connectivity index (χ4n) is 0.574. The van der Waals surface area contributed by atoms with Gasteiger partial charge in [0.1, 0.15) is 5.71 Å². The summed E-state index contributed by atoms with van der Waals surface area (Å²) >= 11 is 0. The van der Waals surface area contributed by atoms with Crippen molar-refractivity contribution in [3.05, 3.63) is 0 Å². The van der Waals surface area contributed by atoms with Crippen molar-refractivity contribution in [2.45, 2.75) is 33.1 Å². The molecule has 0 aliphatic carbocycles. The quantitative estimate of drug-likeness (QED) is 0.369. The topological polar surface area (TPSA) is 49.7 Å². The molecule has 0 unspecified atom stereocenters. The van der Waals surface area contributed by atoms with Gasteiger partial charge in [-0.05, 0) is 13.3 Å². The van der Waals surface area contributed by atoms with E-state index < -0.39 is 0 Å². The number of Topliss-reactive ketones (excluding diaryl/α,β-unsaturated/α-hetero) is 1. The summed E-state index contributed by atoms with van der Waals surface area (Å²) in [5.41, 5.74) is 0.202. The zero-order chi connectivity index (χ0) is 7.98. The summed E-state index contributed by atoms with van der Waals surface area (Å²) in [6.07, 6.45) is 2.35. The van der Waals surface area contributed by atoms with Crippen LogP contribution in [0.5, 0.6) is 0 Å². The lowest BCUT2D eigenvalue weighted by molar-refractivity contribution is -0.113. The summed E-state index contributed by atoms with van der Waals surface area (Å²) in [5.74, 6) is -0.0654. The van der Waals surface area contributed by atoms with Crippen LogP contribution in [0, 0.1) is 0 Å². The number of rotatable bonds is 4. The molecule has 10 heavy (non-hydrogen) atoms. The molecule has 0 atom stereocenters. The van der Waals surface area contributed by atoms with Crippen LogP contribution in [0.4, 0.5) is 0 Å². The van der Waals surface area contributed by atoms with Gasteiger partial charge in [0.2, 0.25) is 0 Å². The van der Waals surface area contributed by atoms with E-state index >= 15 is 0 Å². The maximum atomic E-state index is 10.8. The molecule has 0 saturated carbocycles. The lowest BCUT2D eigenvalue weighted by atomic mass is 10.1. The molecule has 0 amide bonds. The second-order valence-electron chi connectivity index (χ2n) is 2.21. The molecular weight excluding hydrogens is 130 g/mol. The van der Waals surface area contributed by atoms with E-state index in [1.54, 1.807) is 0 Å².